The number of hydrogen-bond acceptors (Lipinski definition) is 2. The summed E-state index contributed by atoms with van der Waals surface area (Å²) in [6, 6.07) is 12.4. The molecule has 0 radical (unpaired) electrons. The van der Waals surface area contributed by atoms with Crippen LogP contribution in [0.4, 0.5) is 5.69 Å². The Morgan fingerprint density at radius 2 is 1.83 bits per heavy atom. The first-order valence-electron chi connectivity index (χ1n) is 5.24. The SMILES string of the molecule is Nc1cccc(CS(=O)c2ccc(Cl)c(Cl)c2)c1. The average Bonchev–Trinajstić information content (AvgIpc) is 2.32. The molecule has 0 aliphatic carbocycles. The molecule has 0 saturated carbocycles. The third kappa shape index (κ3) is 3.25. The molecule has 0 saturated heterocycles. The van der Waals surface area contributed by atoms with Crippen molar-refractivity contribution in [2.45, 2.75) is 10.6 Å². The lowest BCUT2D eigenvalue weighted by Gasteiger charge is -2.05. The Kier molecular flexibility index (Phi) is 4.27. The number of rotatable bonds is 3. The van der Waals surface area contributed by atoms with Gasteiger partial charge in [0, 0.05) is 10.6 Å². The minimum atomic E-state index is -1.16. The van der Waals surface area contributed by atoms with E-state index in [0.717, 1.165) is 5.56 Å². The van der Waals surface area contributed by atoms with E-state index in [0.29, 0.717) is 26.4 Å². The van der Waals surface area contributed by atoms with Crippen LogP contribution in [0.5, 0.6) is 0 Å². The maximum absolute atomic E-state index is 12.2. The molecule has 0 aliphatic heterocycles. The Labute approximate surface area is 118 Å². The normalized spacial score (nSPS) is 12.3. The smallest absolute Gasteiger partial charge is 0.0604 e. The van der Waals surface area contributed by atoms with Gasteiger partial charge in [-0.15, -0.1) is 0 Å². The number of benzene rings is 2. The van der Waals surface area contributed by atoms with E-state index in [-0.39, 0.29) is 0 Å². The second-order valence-corrected chi connectivity index (χ2v) is 6.08. The van der Waals surface area contributed by atoms with Crippen LogP contribution in [0.25, 0.3) is 0 Å². The number of anilines is 1. The first kappa shape index (κ1) is 13.4. The lowest BCUT2D eigenvalue weighted by atomic mass is 10.2. The topological polar surface area (TPSA) is 43.1 Å². The van der Waals surface area contributed by atoms with Crippen molar-refractivity contribution in [3.8, 4) is 0 Å². The molecule has 0 aromatic heterocycles. The lowest BCUT2D eigenvalue weighted by molar-refractivity contribution is 0.682. The number of halogens is 2. The first-order valence-corrected chi connectivity index (χ1v) is 7.31. The van der Waals surface area contributed by atoms with E-state index in [1.54, 1.807) is 24.3 Å². The number of nitrogen functional groups attached to an aromatic ring is 1. The summed E-state index contributed by atoms with van der Waals surface area (Å²) in [5.41, 5.74) is 7.27. The molecule has 2 aromatic rings. The van der Waals surface area contributed by atoms with E-state index in [1.165, 1.54) is 0 Å². The molecular weight excluding hydrogens is 289 g/mol. The average molecular weight is 300 g/mol. The molecule has 18 heavy (non-hydrogen) atoms. The van der Waals surface area contributed by atoms with E-state index in [4.69, 9.17) is 28.9 Å². The molecule has 2 nitrogen and oxygen atoms in total. The van der Waals surface area contributed by atoms with Crippen LogP contribution < -0.4 is 5.73 Å². The summed E-state index contributed by atoms with van der Waals surface area (Å²) in [5, 5.41) is 0.872. The van der Waals surface area contributed by atoms with Gasteiger partial charge in [-0.25, -0.2) is 0 Å². The number of hydrogen-bond donors (Lipinski definition) is 1. The summed E-state index contributed by atoms with van der Waals surface area (Å²) in [4.78, 5) is 0.659. The summed E-state index contributed by atoms with van der Waals surface area (Å²) in [7, 11) is -1.16. The maximum Gasteiger partial charge on any atom is 0.0604 e. The van der Waals surface area contributed by atoms with Gasteiger partial charge >= 0.3 is 0 Å². The number of nitrogens with two attached hydrogens (primary N) is 1. The van der Waals surface area contributed by atoms with E-state index in [1.807, 2.05) is 18.2 Å². The van der Waals surface area contributed by atoms with Crippen LogP contribution in [0, 0.1) is 0 Å². The van der Waals surface area contributed by atoms with Crippen molar-refractivity contribution in [2.24, 2.45) is 0 Å². The Morgan fingerprint density at radius 3 is 2.50 bits per heavy atom. The van der Waals surface area contributed by atoms with Crippen LogP contribution in [0.2, 0.25) is 10.0 Å². The zero-order chi connectivity index (χ0) is 13.1. The van der Waals surface area contributed by atoms with Crippen LogP contribution >= 0.6 is 23.2 Å². The summed E-state index contributed by atoms with van der Waals surface area (Å²) < 4.78 is 12.2. The molecule has 2 rings (SSSR count). The molecule has 0 amide bonds. The highest BCUT2D eigenvalue weighted by Gasteiger charge is 2.07. The largest absolute Gasteiger partial charge is 0.399 e. The molecule has 1 unspecified atom stereocenters. The van der Waals surface area contributed by atoms with Crippen LogP contribution in [0.1, 0.15) is 5.56 Å². The highest BCUT2D eigenvalue weighted by Crippen LogP contribution is 2.25. The van der Waals surface area contributed by atoms with Crippen molar-refractivity contribution < 1.29 is 4.21 Å². The molecule has 0 bridgehead atoms. The Morgan fingerprint density at radius 1 is 1.06 bits per heavy atom. The monoisotopic (exact) mass is 299 g/mol. The van der Waals surface area contributed by atoms with Gasteiger partial charge in [-0.05, 0) is 35.9 Å². The zero-order valence-electron chi connectivity index (χ0n) is 9.40. The third-order valence-electron chi connectivity index (χ3n) is 2.40. The van der Waals surface area contributed by atoms with E-state index >= 15 is 0 Å². The van der Waals surface area contributed by atoms with Gasteiger partial charge in [0.15, 0.2) is 0 Å². The second kappa shape index (κ2) is 5.74. The van der Waals surface area contributed by atoms with Gasteiger partial charge in [0.1, 0.15) is 0 Å². The van der Waals surface area contributed by atoms with Gasteiger partial charge in [-0.1, -0.05) is 35.3 Å². The van der Waals surface area contributed by atoms with Gasteiger partial charge in [-0.3, -0.25) is 4.21 Å². The molecule has 94 valence electrons. The lowest BCUT2D eigenvalue weighted by Crippen LogP contribution is -1.97. The van der Waals surface area contributed by atoms with E-state index < -0.39 is 10.8 Å². The molecule has 2 N–H and O–H groups in total. The maximum atomic E-state index is 12.2. The van der Waals surface area contributed by atoms with E-state index in [2.05, 4.69) is 0 Å². The molecule has 5 heteroatoms. The highest BCUT2D eigenvalue weighted by atomic mass is 35.5. The molecular formula is C13H11Cl2NOS. The molecule has 0 heterocycles. The second-order valence-electron chi connectivity index (χ2n) is 3.81. The fourth-order valence-corrected chi connectivity index (χ4v) is 3.02. The van der Waals surface area contributed by atoms with E-state index in [9.17, 15) is 4.21 Å². The van der Waals surface area contributed by atoms with Crippen molar-refractivity contribution in [1.82, 2.24) is 0 Å². The standard InChI is InChI=1S/C13H11Cl2NOS/c14-12-5-4-11(7-13(12)15)18(17)8-9-2-1-3-10(16)6-9/h1-7H,8,16H2. The summed E-state index contributed by atoms with van der Waals surface area (Å²) in [6.07, 6.45) is 0. The molecule has 0 aliphatic rings. The fourth-order valence-electron chi connectivity index (χ4n) is 1.54. The van der Waals surface area contributed by atoms with Gasteiger partial charge in [0.05, 0.1) is 26.6 Å². The summed E-state index contributed by atoms with van der Waals surface area (Å²) in [5.74, 6) is 0.406. The molecule has 2 aromatic carbocycles. The quantitative estimate of drug-likeness (QED) is 0.874. The summed E-state index contributed by atoms with van der Waals surface area (Å²) >= 11 is 11.7. The Balaban J connectivity index is 2.19. The van der Waals surface area contributed by atoms with Crippen molar-refractivity contribution in [2.75, 3.05) is 5.73 Å². The third-order valence-corrected chi connectivity index (χ3v) is 4.52. The first-order chi connectivity index (χ1) is 8.56. The van der Waals surface area contributed by atoms with Crippen molar-refractivity contribution in [3.63, 3.8) is 0 Å². The molecule has 0 spiro atoms. The van der Waals surface area contributed by atoms with Crippen LogP contribution in [-0.4, -0.2) is 4.21 Å². The van der Waals surface area contributed by atoms with Gasteiger partial charge < -0.3 is 5.73 Å². The minimum Gasteiger partial charge on any atom is -0.399 e. The van der Waals surface area contributed by atoms with Crippen LogP contribution in [-0.2, 0) is 16.6 Å². The van der Waals surface area contributed by atoms with Crippen LogP contribution in [0.15, 0.2) is 47.4 Å². The Hall–Kier alpha value is -1.03. The molecule has 1 atom stereocenters. The van der Waals surface area contributed by atoms with Gasteiger partial charge in [0.2, 0.25) is 0 Å². The fraction of sp³-hybridized carbons (Fsp3) is 0.0769. The van der Waals surface area contributed by atoms with Crippen molar-refractivity contribution >= 4 is 39.7 Å². The zero-order valence-corrected chi connectivity index (χ0v) is 11.7. The van der Waals surface area contributed by atoms with Crippen molar-refractivity contribution in [1.29, 1.82) is 0 Å². The predicted octanol–water partition coefficient (Wildman–Crippen LogP) is 3.88. The Bertz CT molecular complexity index is 601. The van der Waals surface area contributed by atoms with Crippen LogP contribution in [0.3, 0.4) is 0 Å². The minimum absolute atomic E-state index is 0.406. The summed E-state index contributed by atoms with van der Waals surface area (Å²) in [6.45, 7) is 0. The van der Waals surface area contributed by atoms with Crippen molar-refractivity contribution in [3.05, 3.63) is 58.1 Å². The van der Waals surface area contributed by atoms with Gasteiger partial charge in [0.25, 0.3) is 0 Å². The predicted molar refractivity (Wildman–Crippen MR) is 77.4 cm³/mol. The van der Waals surface area contributed by atoms with Gasteiger partial charge in [-0.2, -0.15) is 0 Å². The molecule has 0 fully saturated rings. The highest BCUT2D eigenvalue weighted by molar-refractivity contribution is 7.84.